The van der Waals surface area contributed by atoms with Crippen LogP contribution in [0, 0.1) is 0 Å². The molecule has 4 rings (SSSR count). The molecule has 2 N–H and O–H groups in total. The van der Waals surface area contributed by atoms with E-state index in [-0.39, 0.29) is 31.4 Å². The van der Waals surface area contributed by atoms with E-state index in [1.54, 1.807) is 24.4 Å². The topological polar surface area (TPSA) is 97.5 Å². The highest BCUT2D eigenvalue weighted by Gasteiger charge is 2.40. The molecule has 31 heavy (non-hydrogen) atoms. The lowest BCUT2D eigenvalue weighted by atomic mass is 10.1. The lowest BCUT2D eigenvalue weighted by Crippen LogP contribution is -2.59. The molecule has 1 fully saturated rings. The molecule has 1 saturated heterocycles. The highest BCUT2D eigenvalue weighted by atomic mass is 16.2. The highest BCUT2D eigenvalue weighted by Crippen LogP contribution is 2.37. The first-order valence-electron chi connectivity index (χ1n) is 10.5. The molecule has 0 spiro atoms. The number of H-pyrrole nitrogens is 1. The Morgan fingerprint density at radius 1 is 1.23 bits per heavy atom. The number of likely N-dealkylation sites (N-methyl/N-ethyl adjacent to an activating group) is 1. The van der Waals surface area contributed by atoms with E-state index in [4.69, 9.17) is 0 Å². The molecule has 9 heteroatoms. The number of hydrogen-bond donors (Lipinski definition) is 2. The normalized spacial score (nSPS) is 23.3. The number of aromatic nitrogens is 3. The standard InChI is InChI=1S/C21H29N7O2.CH4/c1-5-15-11-27(13(2)10-26(15)4)21(30)28-12-16-18(14(28)3)24-25-19(16)23-20(29)17-8-6-7-9-22-17;/h6-9,13-15H,5,10-12H2,1-4H3,(H2,23,24,25,29);1H4/t13-,14?,15+;/m0./s1. The monoisotopic (exact) mass is 427 g/mol. The summed E-state index contributed by atoms with van der Waals surface area (Å²) in [7, 11) is 2.12. The van der Waals surface area contributed by atoms with Gasteiger partial charge in [-0.05, 0) is 39.4 Å². The Kier molecular flexibility index (Phi) is 6.64. The van der Waals surface area contributed by atoms with Crippen LogP contribution < -0.4 is 5.32 Å². The van der Waals surface area contributed by atoms with E-state index in [1.807, 2.05) is 16.7 Å². The number of rotatable bonds is 3. The smallest absolute Gasteiger partial charge is 0.319 e. The van der Waals surface area contributed by atoms with Crippen LogP contribution in [0.5, 0.6) is 0 Å². The number of anilines is 1. The minimum atomic E-state index is -0.319. The van der Waals surface area contributed by atoms with E-state index in [2.05, 4.69) is 46.3 Å². The zero-order valence-electron chi connectivity index (χ0n) is 17.9. The second-order valence-electron chi connectivity index (χ2n) is 8.22. The largest absolute Gasteiger partial charge is 0.321 e. The summed E-state index contributed by atoms with van der Waals surface area (Å²) in [5, 5.41) is 10.1. The Morgan fingerprint density at radius 2 is 2.00 bits per heavy atom. The Morgan fingerprint density at radius 3 is 2.68 bits per heavy atom. The third kappa shape index (κ3) is 4.14. The average molecular weight is 428 g/mol. The van der Waals surface area contributed by atoms with Gasteiger partial charge in [0.15, 0.2) is 5.82 Å². The molecule has 1 unspecified atom stereocenters. The summed E-state index contributed by atoms with van der Waals surface area (Å²) in [6.45, 7) is 8.26. The average Bonchev–Trinajstić information content (AvgIpc) is 3.28. The molecule has 2 aliphatic rings. The molecule has 2 aromatic rings. The van der Waals surface area contributed by atoms with Crippen LogP contribution in [0.4, 0.5) is 10.6 Å². The molecule has 9 nitrogen and oxygen atoms in total. The quantitative estimate of drug-likeness (QED) is 0.784. The zero-order valence-corrected chi connectivity index (χ0v) is 17.9. The van der Waals surface area contributed by atoms with Gasteiger partial charge in [0.1, 0.15) is 5.69 Å². The van der Waals surface area contributed by atoms with Crippen molar-refractivity contribution in [1.29, 1.82) is 0 Å². The summed E-state index contributed by atoms with van der Waals surface area (Å²) in [4.78, 5) is 36.1. The SMILES string of the molecule is C.CC[C@@H]1CN(C(=O)N2Cc3c(NC(=O)c4ccccn4)n[nH]c3C2C)[C@@H](C)CN1C. The number of amides is 3. The van der Waals surface area contributed by atoms with Gasteiger partial charge < -0.3 is 15.1 Å². The van der Waals surface area contributed by atoms with Crippen LogP contribution in [0.15, 0.2) is 24.4 Å². The fourth-order valence-electron chi connectivity index (χ4n) is 4.44. The molecular formula is C22H33N7O2. The Balaban J connectivity index is 0.00000272. The summed E-state index contributed by atoms with van der Waals surface area (Å²) < 4.78 is 0. The van der Waals surface area contributed by atoms with Crippen LogP contribution in [0.2, 0.25) is 0 Å². The number of fused-ring (bicyclic) bond motifs is 1. The van der Waals surface area contributed by atoms with Gasteiger partial charge >= 0.3 is 6.03 Å². The molecule has 3 amide bonds. The molecule has 4 heterocycles. The molecule has 0 aromatic carbocycles. The first kappa shape index (κ1) is 22.7. The Bertz CT molecular complexity index is 929. The van der Waals surface area contributed by atoms with Gasteiger partial charge in [-0.3, -0.25) is 19.8 Å². The summed E-state index contributed by atoms with van der Waals surface area (Å²) in [5.41, 5.74) is 2.05. The number of hydrogen-bond acceptors (Lipinski definition) is 5. The predicted octanol–water partition coefficient (Wildman–Crippen LogP) is 3.10. The lowest BCUT2D eigenvalue weighted by molar-refractivity contribution is 0.0514. The van der Waals surface area contributed by atoms with Crippen molar-refractivity contribution < 1.29 is 9.59 Å². The number of pyridine rings is 1. The second kappa shape index (κ2) is 9.05. The molecule has 0 saturated carbocycles. The number of nitrogens with zero attached hydrogens (tertiary/aromatic N) is 5. The number of carbonyl (C=O) groups is 2. The minimum absolute atomic E-state index is 0. The van der Waals surface area contributed by atoms with E-state index >= 15 is 0 Å². The van der Waals surface area contributed by atoms with E-state index in [1.165, 1.54) is 0 Å². The van der Waals surface area contributed by atoms with Crippen molar-refractivity contribution in [3.63, 3.8) is 0 Å². The maximum atomic E-state index is 13.4. The lowest BCUT2D eigenvalue weighted by Gasteiger charge is -2.45. The molecule has 2 aliphatic heterocycles. The molecule has 168 valence electrons. The molecular weight excluding hydrogens is 394 g/mol. The summed E-state index contributed by atoms with van der Waals surface area (Å²) in [6.07, 6.45) is 2.59. The van der Waals surface area contributed by atoms with Gasteiger partial charge in [0.2, 0.25) is 0 Å². The van der Waals surface area contributed by atoms with Crippen molar-refractivity contribution >= 4 is 17.8 Å². The first-order chi connectivity index (χ1) is 14.4. The van der Waals surface area contributed by atoms with Gasteiger partial charge in [0.25, 0.3) is 5.91 Å². The molecule has 0 aliphatic carbocycles. The minimum Gasteiger partial charge on any atom is -0.319 e. The van der Waals surface area contributed by atoms with E-state index < -0.39 is 0 Å². The fourth-order valence-corrected chi connectivity index (χ4v) is 4.44. The summed E-state index contributed by atoms with van der Waals surface area (Å²) in [6, 6.07) is 5.60. The van der Waals surface area contributed by atoms with Crippen LogP contribution in [0.3, 0.4) is 0 Å². The van der Waals surface area contributed by atoms with E-state index in [0.29, 0.717) is 24.1 Å². The summed E-state index contributed by atoms with van der Waals surface area (Å²) >= 11 is 0. The van der Waals surface area contributed by atoms with Crippen molar-refractivity contribution in [1.82, 2.24) is 29.9 Å². The highest BCUT2D eigenvalue weighted by molar-refractivity contribution is 6.02. The first-order valence-corrected chi connectivity index (χ1v) is 10.5. The Hall–Kier alpha value is -2.94. The van der Waals surface area contributed by atoms with Gasteiger partial charge in [-0.25, -0.2) is 4.79 Å². The van der Waals surface area contributed by atoms with Crippen molar-refractivity contribution in [3.8, 4) is 0 Å². The van der Waals surface area contributed by atoms with Crippen molar-refractivity contribution in [3.05, 3.63) is 41.3 Å². The molecule has 0 bridgehead atoms. The van der Waals surface area contributed by atoms with E-state index in [0.717, 1.165) is 30.8 Å². The molecule has 2 aromatic heterocycles. The zero-order chi connectivity index (χ0) is 21.4. The third-order valence-corrected chi connectivity index (χ3v) is 6.32. The third-order valence-electron chi connectivity index (χ3n) is 6.32. The number of piperazine rings is 1. The van der Waals surface area contributed by atoms with Gasteiger partial charge in [-0.1, -0.05) is 20.4 Å². The number of nitrogens with one attached hydrogen (secondary N) is 2. The van der Waals surface area contributed by atoms with Crippen molar-refractivity contribution in [2.45, 2.75) is 59.3 Å². The maximum Gasteiger partial charge on any atom is 0.321 e. The molecule has 3 atom stereocenters. The van der Waals surface area contributed by atoms with Crippen molar-refractivity contribution in [2.75, 3.05) is 25.5 Å². The van der Waals surface area contributed by atoms with Gasteiger partial charge in [0, 0.05) is 36.9 Å². The number of carbonyl (C=O) groups excluding carboxylic acids is 2. The van der Waals surface area contributed by atoms with Crippen LogP contribution in [-0.4, -0.2) is 74.0 Å². The number of urea groups is 1. The predicted molar refractivity (Wildman–Crippen MR) is 120 cm³/mol. The van der Waals surface area contributed by atoms with E-state index in [9.17, 15) is 9.59 Å². The second-order valence-corrected chi connectivity index (χ2v) is 8.22. The summed E-state index contributed by atoms with van der Waals surface area (Å²) in [5.74, 6) is 0.140. The fraction of sp³-hybridized carbons (Fsp3) is 0.545. The van der Waals surface area contributed by atoms with Crippen LogP contribution in [0.1, 0.15) is 62.4 Å². The Labute approximate surface area is 183 Å². The van der Waals surface area contributed by atoms with Crippen LogP contribution in [0.25, 0.3) is 0 Å². The van der Waals surface area contributed by atoms with Gasteiger partial charge in [0.05, 0.1) is 18.3 Å². The maximum absolute atomic E-state index is 13.4. The van der Waals surface area contributed by atoms with Crippen LogP contribution in [-0.2, 0) is 6.54 Å². The van der Waals surface area contributed by atoms with Crippen molar-refractivity contribution in [2.24, 2.45) is 0 Å². The number of aromatic amines is 1. The molecule has 0 radical (unpaired) electrons. The van der Waals surface area contributed by atoms with Crippen LogP contribution >= 0.6 is 0 Å². The van der Waals surface area contributed by atoms with Gasteiger partial charge in [-0.2, -0.15) is 5.10 Å². The van der Waals surface area contributed by atoms with Gasteiger partial charge in [-0.15, -0.1) is 0 Å².